The molecule has 0 bridgehead atoms. The summed E-state index contributed by atoms with van der Waals surface area (Å²) < 4.78 is 7.19. The van der Waals surface area contributed by atoms with E-state index in [2.05, 4.69) is 26.0 Å². The second-order valence-electron chi connectivity index (χ2n) is 3.17. The van der Waals surface area contributed by atoms with Gasteiger partial charge >= 0.3 is 5.97 Å². The fourth-order valence-corrected chi connectivity index (χ4v) is 1.66. The minimum Gasteiger partial charge on any atom is -0.466 e. The highest BCUT2D eigenvalue weighted by molar-refractivity contribution is 9.10. The molecule has 0 aliphatic carbocycles. The highest BCUT2D eigenvalue weighted by atomic mass is 79.9. The van der Waals surface area contributed by atoms with Crippen molar-refractivity contribution in [2.24, 2.45) is 0 Å². The quantitative estimate of drug-likeness (QED) is 0.803. The Bertz CT molecular complexity index is 524. The molecule has 2 aromatic rings. The van der Waals surface area contributed by atoms with Gasteiger partial charge in [0.1, 0.15) is 4.60 Å². The molecule has 0 aliphatic rings. The number of hydrogen-bond donors (Lipinski definition) is 0. The summed E-state index contributed by atoms with van der Waals surface area (Å²) in [5, 5.41) is 4.17. The van der Waals surface area contributed by atoms with Crippen LogP contribution in [-0.4, -0.2) is 27.2 Å². The van der Waals surface area contributed by atoms with Crippen LogP contribution < -0.4 is 0 Å². The molecule has 0 fully saturated rings. The molecule has 0 saturated carbocycles. The maximum Gasteiger partial charge on any atom is 0.311 e. The van der Waals surface area contributed by atoms with Gasteiger partial charge in [-0.2, -0.15) is 5.10 Å². The number of carbonyl (C=O) groups excluding carboxylic acids is 1. The van der Waals surface area contributed by atoms with E-state index >= 15 is 0 Å². The van der Waals surface area contributed by atoms with Gasteiger partial charge in [0.25, 0.3) is 0 Å². The topological polar surface area (TPSA) is 56.5 Å². The van der Waals surface area contributed by atoms with Gasteiger partial charge in [-0.1, -0.05) is 0 Å². The number of rotatable bonds is 3. The third kappa shape index (κ3) is 2.38. The normalized spacial score (nSPS) is 10.6. The molecule has 0 aliphatic heterocycles. The molecular formula is C10H10BrN3O2. The van der Waals surface area contributed by atoms with Crippen LogP contribution in [0.4, 0.5) is 0 Å². The third-order valence-electron chi connectivity index (χ3n) is 1.97. The summed E-state index contributed by atoms with van der Waals surface area (Å²) in [6, 6.07) is 3.63. The lowest BCUT2D eigenvalue weighted by Crippen LogP contribution is -2.07. The molecule has 2 aromatic heterocycles. The number of halogens is 1. The Morgan fingerprint density at radius 1 is 1.56 bits per heavy atom. The summed E-state index contributed by atoms with van der Waals surface area (Å²) in [6.07, 6.45) is 1.89. The average Bonchev–Trinajstić information content (AvgIpc) is 2.59. The molecule has 2 heterocycles. The first-order chi connectivity index (χ1) is 7.69. The smallest absolute Gasteiger partial charge is 0.311 e. The van der Waals surface area contributed by atoms with Crippen LogP contribution >= 0.6 is 15.9 Å². The number of ether oxygens (including phenoxy) is 1. The van der Waals surface area contributed by atoms with E-state index in [1.165, 1.54) is 0 Å². The van der Waals surface area contributed by atoms with Gasteiger partial charge in [0.05, 0.1) is 24.9 Å². The lowest BCUT2D eigenvalue weighted by molar-refractivity contribution is -0.142. The fourth-order valence-electron chi connectivity index (χ4n) is 1.35. The van der Waals surface area contributed by atoms with Crippen molar-refractivity contribution in [3.05, 3.63) is 28.6 Å². The summed E-state index contributed by atoms with van der Waals surface area (Å²) in [6.45, 7) is 2.16. The first-order valence-electron chi connectivity index (χ1n) is 4.85. The van der Waals surface area contributed by atoms with E-state index in [0.717, 1.165) is 4.60 Å². The molecule has 16 heavy (non-hydrogen) atoms. The van der Waals surface area contributed by atoms with Gasteiger partial charge in [-0.05, 0) is 35.0 Å². The van der Waals surface area contributed by atoms with Crippen LogP contribution in [0.1, 0.15) is 12.6 Å². The van der Waals surface area contributed by atoms with E-state index in [9.17, 15) is 4.79 Å². The molecule has 0 atom stereocenters. The Kier molecular flexibility index (Phi) is 3.19. The van der Waals surface area contributed by atoms with Crippen LogP contribution in [0.25, 0.3) is 5.65 Å². The molecule has 0 saturated heterocycles. The second kappa shape index (κ2) is 4.61. The number of fused-ring (bicyclic) bond motifs is 1. The SMILES string of the molecule is CCOC(=O)Cc1cn2nc(Br)ccc2n1. The molecule has 0 unspecified atom stereocenters. The van der Waals surface area contributed by atoms with Gasteiger partial charge in [-0.25, -0.2) is 9.50 Å². The van der Waals surface area contributed by atoms with Gasteiger partial charge < -0.3 is 4.74 Å². The molecule has 0 amide bonds. The molecule has 2 rings (SSSR count). The minimum absolute atomic E-state index is 0.175. The molecule has 0 N–H and O–H groups in total. The van der Waals surface area contributed by atoms with Crippen LogP contribution in [-0.2, 0) is 16.0 Å². The molecule has 0 radical (unpaired) electrons. The maximum absolute atomic E-state index is 11.3. The average molecular weight is 284 g/mol. The number of esters is 1. The summed E-state index contributed by atoms with van der Waals surface area (Å²) in [4.78, 5) is 15.5. The van der Waals surface area contributed by atoms with Gasteiger partial charge in [-0.3, -0.25) is 4.79 Å². The van der Waals surface area contributed by atoms with Crippen LogP contribution in [0.15, 0.2) is 22.9 Å². The molecular weight excluding hydrogens is 274 g/mol. The van der Waals surface area contributed by atoms with E-state index in [4.69, 9.17) is 4.74 Å². The predicted molar refractivity (Wildman–Crippen MR) is 61.0 cm³/mol. The van der Waals surface area contributed by atoms with E-state index < -0.39 is 0 Å². The van der Waals surface area contributed by atoms with E-state index in [0.29, 0.717) is 17.9 Å². The summed E-state index contributed by atoms with van der Waals surface area (Å²) in [5.41, 5.74) is 1.37. The third-order valence-corrected chi connectivity index (χ3v) is 2.39. The number of hydrogen-bond acceptors (Lipinski definition) is 4. The Labute approximate surface area is 101 Å². The lowest BCUT2D eigenvalue weighted by atomic mass is 10.3. The van der Waals surface area contributed by atoms with Crippen molar-refractivity contribution in [2.75, 3.05) is 6.61 Å². The molecule has 0 aromatic carbocycles. The highest BCUT2D eigenvalue weighted by Crippen LogP contribution is 2.09. The first-order valence-corrected chi connectivity index (χ1v) is 5.65. The number of imidazole rings is 1. The van der Waals surface area contributed by atoms with Crippen molar-refractivity contribution in [3.8, 4) is 0 Å². The van der Waals surface area contributed by atoms with Crippen LogP contribution in [0.3, 0.4) is 0 Å². The van der Waals surface area contributed by atoms with Gasteiger partial charge in [0.15, 0.2) is 5.65 Å². The monoisotopic (exact) mass is 283 g/mol. The van der Waals surface area contributed by atoms with E-state index in [-0.39, 0.29) is 12.4 Å². The molecule has 84 valence electrons. The van der Waals surface area contributed by atoms with Crippen molar-refractivity contribution < 1.29 is 9.53 Å². The van der Waals surface area contributed by atoms with Crippen LogP contribution in [0, 0.1) is 0 Å². The minimum atomic E-state index is -0.273. The lowest BCUT2D eigenvalue weighted by Gasteiger charge is -1.97. The molecule has 6 heteroatoms. The number of nitrogens with zero attached hydrogens (tertiary/aromatic N) is 3. The zero-order valence-corrected chi connectivity index (χ0v) is 10.3. The Morgan fingerprint density at radius 3 is 3.12 bits per heavy atom. The van der Waals surface area contributed by atoms with Gasteiger partial charge in [-0.15, -0.1) is 0 Å². The summed E-state index contributed by atoms with van der Waals surface area (Å²) in [5.74, 6) is -0.273. The predicted octanol–water partition coefficient (Wildman–Crippen LogP) is 1.60. The van der Waals surface area contributed by atoms with E-state index in [1.807, 2.05) is 6.07 Å². The first kappa shape index (κ1) is 11.1. The molecule has 5 nitrogen and oxygen atoms in total. The highest BCUT2D eigenvalue weighted by Gasteiger charge is 2.08. The van der Waals surface area contributed by atoms with Crippen molar-refractivity contribution in [1.82, 2.24) is 14.6 Å². The Morgan fingerprint density at radius 2 is 2.38 bits per heavy atom. The fraction of sp³-hybridized carbons (Fsp3) is 0.300. The zero-order chi connectivity index (χ0) is 11.5. The largest absolute Gasteiger partial charge is 0.466 e. The Hall–Kier alpha value is -1.43. The van der Waals surface area contributed by atoms with Crippen molar-refractivity contribution >= 4 is 27.5 Å². The number of carbonyl (C=O) groups is 1. The van der Waals surface area contributed by atoms with Crippen LogP contribution in [0.2, 0.25) is 0 Å². The van der Waals surface area contributed by atoms with E-state index in [1.54, 1.807) is 23.7 Å². The molecule has 0 spiro atoms. The Balaban J connectivity index is 2.23. The maximum atomic E-state index is 11.3. The standard InChI is InChI=1S/C10H10BrN3O2/c1-2-16-10(15)5-7-6-14-9(12-7)4-3-8(11)13-14/h3-4,6H,2,5H2,1H3. The van der Waals surface area contributed by atoms with Crippen molar-refractivity contribution in [2.45, 2.75) is 13.3 Å². The van der Waals surface area contributed by atoms with Gasteiger partial charge in [0, 0.05) is 0 Å². The number of aromatic nitrogens is 3. The van der Waals surface area contributed by atoms with Crippen molar-refractivity contribution in [1.29, 1.82) is 0 Å². The van der Waals surface area contributed by atoms with Gasteiger partial charge in [0.2, 0.25) is 0 Å². The second-order valence-corrected chi connectivity index (χ2v) is 3.99. The zero-order valence-electron chi connectivity index (χ0n) is 8.68. The van der Waals surface area contributed by atoms with Crippen LogP contribution in [0.5, 0.6) is 0 Å². The summed E-state index contributed by atoms with van der Waals surface area (Å²) in [7, 11) is 0. The summed E-state index contributed by atoms with van der Waals surface area (Å²) >= 11 is 3.27. The van der Waals surface area contributed by atoms with Crippen molar-refractivity contribution in [3.63, 3.8) is 0 Å².